The molecule has 2 atom stereocenters. The molecule has 1 aromatic rings. The molecule has 0 bridgehead atoms. The number of aromatic nitrogens is 2. The van der Waals surface area contributed by atoms with Crippen LogP contribution in [0, 0.1) is 12.8 Å². The van der Waals surface area contributed by atoms with Gasteiger partial charge in [-0.3, -0.25) is 5.10 Å². The molecule has 0 aromatic carbocycles. The van der Waals surface area contributed by atoms with Crippen LogP contribution in [0.5, 0.6) is 0 Å². The molecular formula is C12H18F3N3. The van der Waals surface area contributed by atoms with Crippen molar-refractivity contribution < 1.29 is 13.2 Å². The monoisotopic (exact) mass is 261 g/mol. The number of aromatic amines is 1. The van der Waals surface area contributed by atoms with Crippen molar-refractivity contribution in [1.29, 1.82) is 0 Å². The molecule has 1 saturated carbocycles. The molecule has 1 aromatic heterocycles. The summed E-state index contributed by atoms with van der Waals surface area (Å²) in [5.74, 6) is -1.14. The molecule has 0 amide bonds. The summed E-state index contributed by atoms with van der Waals surface area (Å²) < 4.78 is 37.9. The van der Waals surface area contributed by atoms with Gasteiger partial charge in [0.05, 0.1) is 12.1 Å². The van der Waals surface area contributed by atoms with E-state index in [2.05, 4.69) is 15.5 Å². The van der Waals surface area contributed by atoms with Crippen molar-refractivity contribution in [1.82, 2.24) is 15.5 Å². The summed E-state index contributed by atoms with van der Waals surface area (Å²) in [6.07, 6.45) is -0.402. The lowest BCUT2D eigenvalue weighted by Gasteiger charge is -2.31. The van der Waals surface area contributed by atoms with Crippen LogP contribution in [0.15, 0.2) is 6.20 Å². The Morgan fingerprint density at radius 2 is 2.22 bits per heavy atom. The van der Waals surface area contributed by atoms with Gasteiger partial charge < -0.3 is 5.32 Å². The van der Waals surface area contributed by atoms with Gasteiger partial charge in [-0.2, -0.15) is 18.3 Å². The topological polar surface area (TPSA) is 40.7 Å². The maximum absolute atomic E-state index is 12.6. The highest BCUT2D eigenvalue weighted by atomic mass is 19.4. The second-order valence-corrected chi connectivity index (χ2v) is 5.00. The van der Waals surface area contributed by atoms with E-state index in [0.717, 1.165) is 17.7 Å². The summed E-state index contributed by atoms with van der Waals surface area (Å²) in [6, 6.07) is -0.0420. The fraction of sp³-hybridized carbons (Fsp3) is 0.750. The minimum Gasteiger partial charge on any atom is -0.310 e. The zero-order valence-corrected chi connectivity index (χ0v) is 10.3. The molecule has 18 heavy (non-hydrogen) atoms. The Morgan fingerprint density at radius 3 is 2.83 bits per heavy atom. The summed E-state index contributed by atoms with van der Waals surface area (Å²) in [7, 11) is 0. The lowest BCUT2D eigenvalue weighted by atomic mass is 9.85. The largest absolute Gasteiger partial charge is 0.391 e. The van der Waals surface area contributed by atoms with E-state index in [9.17, 15) is 13.2 Å². The summed E-state index contributed by atoms with van der Waals surface area (Å²) in [5, 5.41) is 9.92. The van der Waals surface area contributed by atoms with Crippen molar-refractivity contribution in [3.05, 3.63) is 17.5 Å². The third kappa shape index (κ3) is 3.25. The minimum absolute atomic E-state index is 0.0420. The highest BCUT2D eigenvalue weighted by Crippen LogP contribution is 2.37. The maximum Gasteiger partial charge on any atom is 0.391 e. The number of halogens is 3. The SMILES string of the molecule is Cc1[nH]ncc1CNC1CCCC(C(F)(F)F)C1. The first-order valence-electron chi connectivity index (χ1n) is 6.25. The van der Waals surface area contributed by atoms with Gasteiger partial charge in [0.25, 0.3) is 0 Å². The molecular weight excluding hydrogens is 243 g/mol. The Morgan fingerprint density at radius 1 is 1.44 bits per heavy atom. The molecule has 1 aliphatic carbocycles. The Hall–Kier alpha value is -1.04. The quantitative estimate of drug-likeness (QED) is 0.878. The van der Waals surface area contributed by atoms with Crippen LogP contribution in [0.1, 0.15) is 36.9 Å². The number of aryl methyl sites for hydroxylation is 1. The molecule has 2 rings (SSSR count). The highest BCUT2D eigenvalue weighted by molar-refractivity contribution is 5.13. The van der Waals surface area contributed by atoms with E-state index in [0.29, 0.717) is 13.0 Å². The lowest BCUT2D eigenvalue weighted by Crippen LogP contribution is -2.38. The fourth-order valence-electron chi connectivity index (χ4n) is 2.48. The molecule has 6 heteroatoms. The number of alkyl halides is 3. The van der Waals surface area contributed by atoms with E-state index in [1.165, 1.54) is 0 Å². The minimum atomic E-state index is -4.05. The molecule has 2 unspecified atom stereocenters. The van der Waals surface area contributed by atoms with E-state index in [-0.39, 0.29) is 18.9 Å². The van der Waals surface area contributed by atoms with Gasteiger partial charge in [0, 0.05) is 23.8 Å². The summed E-state index contributed by atoms with van der Waals surface area (Å²) in [6.45, 7) is 2.49. The van der Waals surface area contributed by atoms with Crippen molar-refractivity contribution in [3.8, 4) is 0 Å². The van der Waals surface area contributed by atoms with E-state index in [4.69, 9.17) is 0 Å². The third-order valence-electron chi connectivity index (χ3n) is 3.65. The van der Waals surface area contributed by atoms with Gasteiger partial charge in [-0.25, -0.2) is 0 Å². The average molecular weight is 261 g/mol. The molecule has 3 nitrogen and oxygen atoms in total. The number of hydrogen-bond acceptors (Lipinski definition) is 2. The first-order valence-corrected chi connectivity index (χ1v) is 6.25. The molecule has 0 aliphatic heterocycles. The fourth-order valence-corrected chi connectivity index (χ4v) is 2.48. The van der Waals surface area contributed by atoms with Gasteiger partial charge in [-0.15, -0.1) is 0 Å². The first-order chi connectivity index (χ1) is 8.47. The number of H-pyrrole nitrogens is 1. The lowest BCUT2D eigenvalue weighted by molar-refractivity contribution is -0.183. The standard InChI is InChI=1S/C12H18F3N3/c1-8-9(7-17-18-8)6-16-11-4-2-3-10(5-11)12(13,14)15/h7,10-11,16H,2-6H2,1H3,(H,17,18). The third-order valence-corrected chi connectivity index (χ3v) is 3.65. The molecule has 0 spiro atoms. The number of nitrogens with one attached hydrogen (secondary N) is 2. The molecule has 1 aliphatic rings. The molecule has 0 saturated heterocycles. The van der Waals surface area contributed by atoms with E-state index in [1.54, 1.807) is 6.20 Å². The van der Waals surface area contributed by atoms with Gasteiger partial charge in [-0.1, -0.05) is 6.42 Å². The Balaban J connectivity index is 1.85. The maximum atomic E-state index is 12.6. The van der Waals surface area contributed by atoms with Crippen LogP contribution < -0.4 is 5.32 Å². The van der Waals surface area contributed by atoms with Gasteiger partial charge >= 0.3 is 6.18 Å². The molecule has 1 heterocycles. The average Bonchev–Trinajstić information content (AvgIpc) is 2.72. The summed E-state index contributed by atoms with van der Waals surface area (Å²) in [5.41, 5.74) is 1.98. The molecule has 2 N–H and O–H groups in total. The van der Waals surface area contributed by atoms with Crippen molar-refractivity contribution >= 4 is 0 Å². The number of nitrogens with zero attached hydrogens (tertiary/aromatic N) is 1. The predicted octanol–water partition coefficient (Wildman–Crippen LogP) is 2.93. The van der Waals surface area contributed by atoms with Crippen LogP contribution in [0.4, 0.5) is 13.2 Å². The van der Waals surface area contributed by atoms with Gasteiger partial charge in [0.15, 0.2) is 0 Å². The van der Waals surface area contributed by atoms with Gasteiger partial charge in [0.2, 0.25) is 0 Å². The smallest absolute Gasteiger partial charge is 0.310 e. The summed E-state index contributed by atoms with van der Waals surface area (Å²) in [4.78, 5) is 0. The highest BCUT2D eigenvalue weighted by Gasteiger charge is 2.41. The first kappa shape index (κ1) is 13.4. The van der Waals surface area contributed by atoms with Crippen molar-refractivity contribution in [3.63, 3.8) is 0 Å². The van der Waals surface area contributed by atoms with Gasteiger partial charge in [0.1, 0.15) is 0 Å². The Kier molecular flexibility index (Phi) is 3.94. The van der Waals surface area contributed by atoms with Crippen molar-refractivity contribution in [2.45, 2.75) is 51.4 Å². The van der Waals surface area contributed by atoms with Crippen LogP contribution in [0.3, 0.4) is 0 Å². The van der Waals surface area contributed by atoms with Crippen molar-refractivity contribution in [2.75, 3.05) is 0 Å². The Labute approximate surface area is 104 Å². The van der Waals surface area contributed by atoms with Crippen molar-refractivity contribution in [2.24, 2.45) is 5.92 Å². The van der Waals surface area contributed by atoms with E-state index in [1.807, 2.05) is 6.92 Å². The van der Waals surface area contributed by atoms with Crippen LogP contribution in [-0.4, -0.2) is 22.4 Å². The molecule has 0 radical (unpaired) electrons. The second-order valence-electron chi connectivity index (χ2n) is 5.00. The Bertz CT molecular complexity index is 386. The molecule has 102 valence electrons. The summed E-state index contributed by atoms with van der Waals surface area (Å²) >= 11 is 0. The normalized spacial score (nSPS) is 25.3. The van der Waals surface area contributed by atoms with Crippen LogP contribution in [-0.2, 0) is 6.54 Å². The number of hydrogen-bond donors (Lipinski definition) is 2. The van der Waals surface area contributed by atoms with E-state index < -0.39 is 12.1 Å². The second kappa shape index (κ2) is 5.30. The van der Waals surface area contributed by atoms with Crippen LogP contribution >= 0.6 is 0 Å². The molecule has 1 fully saturated rings. The van der Waals surface area contributed by atoms with Crippen LogP contribution in [0.25, 0.3) is 0 Å². The number of rotatable bonds is 3. The van der Waals surface area contributed by atoms with Crippen LogP contribution in [0.2, 0.25) is 0 Å². The zero-order valence-electron chi connectivity index (χ0n) is 10.3. The zero-order chi connectivity index (χ0) is 13.2. The predicted molar refractivity (Wildman–Crippen MR) is 62.0 cm³/mol. The van der Waals surface area contributed by atoms with E-state index >= 15 is 0 Å². The van der Waals surface area contributed by atoms with Gasteiger partial charge in [-0.05, 0) is 26.2 Å².